The summed E-state index contributed by atoms with van der Waals surface area (Å²) in [6.07, 6.45) is 1.93. The van der Waals surface area contributed by atoms with Crippen LogP contribution in [0.5, 0.6) is 5.75 Å². The summed E-state index contributed by atoms with van der Waals surface area (Å²) < 4.78 is 5.61. The molecule has 0 aliphatic carbocycles. The Kier molecular flexibility index (Phi) is 4.61. The van der Waals surface area contributed by atoms with Crippen molar-refractivity contribution in [3.8, 4) is 5.75 Å². The topological polar surface area (TPSA) is 58.6 Å². The van der Waals surface area contributed by atoms with Gasteiger partial charge >= 0.3 is 11.8 Å². The molecule has 0 atom stereocenters. The van der Waals surface area contributed by atoms with Gasteiger partial charge in [-0.15, -0.1) is 0 Å². The Morgan fingerprint density at radius 1 is 1.20 bits per heavy atom. The number of para-hydroxylation sites is 2. The predicted octanol–water partition coefficient (Wildman–Crippen LogP) is 2.03. The Bertz CT molecular complexity index is 494. The van der Waals surface area contributed by atoms with Gasteiger partial charge in [0.15, 0.2) is 0 Å². The van der Waals surface area contributed by atoms with Gasteiger partial charge in [0.1, 0.15) is 5.75 Å². The molecule has 0 bridgehead atoms. The Labute approximate surface area is 118 Å². The lowest BCUT2D eigenvalue weighted by Gasteiger charge is -2.17. The van der Waals surface area contributed by atoms with Crippen molar-refractivity contribution in [2.75, 3.05) is 18.4 Å². The van der Waals surface area contributed by atoms with E-state index in [1.807, 2.05) is 19.9 Å². The van der Waals surface area contributed by atoms with Gasteiger partial charge in [0.25, 0.3) is 0 Å². The predicted molar refractivity (Wildman–Crippen MR) is 76.6 cm³/mol. The number of benzene rings is 1. The van der Waals surface area contributed by atoms with Gasteiger partial charge in [0.2, 0.25) is 0 Å². The fraction of sp³-hybridized carbons (Fsp3) is 0.467. The molecule has 1 aliphatic rings. The molecule has 0 unspecified atom stereocenters. The molecule has 0 saturated carbocycles. The lowest BCUT2D eigenvalue weighted by atomic mass is 10.3. The maximum absolute atomic E-state index is 12.0. The first-order valence-electron chi connectivity index (χ1n) is 6.94. The van der Waals surface area contributed by atoms with Crippen LogP contribution in [0.1, 0.15) is 26.7 Å². The molecule has 20 heavy (non-hydrogen) atoms. The smallest absolute Gasteiger partial charge is 0.314 e. The van der Waals surface area contributed by atoms with Crippen LogP contribution in [0.4, 0.5) is 5.69 Å². The van der Waals surface area contributed by atoms with Crippen LogP contribution >= 0.6 is 0 Å². The second-order valence-corrected chi connectivity index (χ2v) is 5.12. The van der Waals surface area contributed by atoms with Crippen molar-refractivity contribution >= 4 is 17.5 Å². The molecule has 0 aromatic heterocycles. The van der Waals surface area contributed by atoms with Crippen LogP contribution in [-0.4, -0.2) is 35.9 Å². The van der Waals surface area contributed by atoms with Crippen molar-refractivity contribution in [3.63, 3.8) is 0 Å². The molecule has 1 saturated heterocycles. The van der Waals surface area contributed by atoms with Gasteiger partial charge in [-0.25, -0.2) is 0 Å². The lowest BCUT2D eigenvalue weighted by Crippen LogP contribution is -2.37. The Hall–Kier alpha value is -2.04. The van der Waals surface area contributed by atoms with E-state index in [9.17, 15) is 9.59 Å². The van der Waals surface area contributed by atoms with Crippen molar-refractivity contribution in [2.45, 2.75) is 32.8 Å². The van der Waals surface area contributed by atoms with E-state index in [4.69, 9.17) is 4.74 Å². The SMILES string of the molecule is CC(C)Oc1ccccc1NC(=O)C(=O)N1CCCC1. The van der Waals surface area contributed by atoms with Gasteiger partial charge in [-0.2, -0.15) is 0 Å². The van der Waals surface area contributed by atoms with E-state index < -0.39 is 11.8 Å². The fourth-order valence-corrected chi connectivity index (χ4v) is 2.17. The molecule has 108 valence electrons. The molecule has 1 aromatic carbocycles. The van der Waals surface area contributed by atoms with Crippen molar-refractivity contribution in [1.29, 1.82) is 0 Å². The van der Waals surface area contributed by atoms with Crippen LogP contribution in [0.2, 0.25) is 0 Å². The highest BCUT2D eigenvalue weighted by molar-refractivity contribution is 6.39. The third kappa shape index (κ3) is 3.50. The monoisotopic (exact) mass is 276 g/mol. The molecule has 1 N–H and O–H groups in total. The zero-order chi connectivity index (χ0) is 14.5. The highest BCUT2D eigenvalue weighted by Gasteiger charge is 2.25. The number of anilines is 1. The first kappa shape index (κ1) is 14.4. The standard InChI is InChI=1S/C15H20N2O3/c1-11(2)20-13-8-4-3-7-12(13)16-14(18)15(19)17-9-5-6-10-17/h3-4,7-8,11H,5-6,9-10H2,1-2H3,(H,16,18). The van der Waals surface area contributed by atoms with Crippen LogP contribution < -0.4 is 10.1 Å². The number of nitrogens with zero attached hydrogens (tertiary/aromatic N) is 1. The Morgan fingerprint density at radius 2 is 1.85 bits per heavy atom. The molecule has 1 heterocycles. The van der Waals surface area contributed by atoms with Crippen molar-refractivity contribution in [1.82, 2.24) is 4.90 Å². The first-order valence-corrected chi connectivity index (χ1v) is 6.94. The van der Waals surface area contributed by atoms with Gasteiger partial charge in [-0.05, 0) is 38.8 Å². The number of carbonyl (C=O) groups excluding carboxylic acids is 2. The van der Waals surface area contributed by atoms with E-state index >= 15 is 0 Å². The van der Waals surface area contributed by atoms with Gasteiger partial charge in [0.05, 0.1) is 11.8 Å². The normalized spacial score (nSPS) is 14.4. The molecule has 5 heteroatoms. The van der Waals surface area contributed by atoms with Gasteiger partial charge in [0, 0.05) is 13.1 Å². The average Bonchev–Trinajstić information content (AvgIpc) is 2.93. The minimum absolute atomic E-state index is 0.00216. The number of amides is 2. The minimum atomic E-state index is -0.605. The summed E-state index contributed by atoms with van der Waals surface area (Å²) in [6, 6.07) is 7.13. The van der Waals surface area contributed by atoms with Gasteiger partial charge < -0.3 is 15.0 Å². The molecule has 1 fully saturated rings. The summed E-state index contributed by atoms with van der Waals surface area (Å²) in [5.74, 6) is -0.501. The summed E-state index contributed by atoms with van der Waals surface area (Å²) >= 11 is 0. The van der Waals surface area contributed by atoms with E-state index in [1.54, 1.807) is 23.1 Å². The maximum atomic E-state index is 12.0. The summed E-state index contributed by atoms with van der Waals surface area (Å²) in [5, 5.41) is 2.64. The number of hydrogen-bond donors (Lipinski definition) is 1. The molecular weight excluding hydrogens is 256 g/mol. The molecular formula is C15H20N2O3. The van der Waals surface area contributed by atoms with Crippen LogP contribution in [0.15, 0.2) is 24.3 Å². The Balaban J connectivity index is 2.05. The van der Waals surface area contributed by atoms with E-state index in [-0.39, 0.29) is 6.10 Å². The van der Waals surface area contributed by atoms with E-state index in [1.165, 1.54) is 0 Å². The summed E-state index contributed by atoms with van der Waals surface area (Å²) in [5.41, 5.74) is 0.527. The van der Waals surface area contributed by atoms with E-state index in [2.05, 4.69) is 5.32 Å². The van der Waals surface area contributed by atoms with Crippen LogP contribution in [0.25, 0.3) is 0 Å². The third-order valence-electron chi connectivity index (χ3n) is 3.09. The first-order chi connectivity index (χ1) is 9.58. The molecule has 0 radical (unpaired) electrons. The summed E-state index contributed by atoms with van der Waals surface area (Å²) in [7, 11) is 0. The number of carbonyl (C=O) groups is 2. The summed E-state index contributed by atoms with van der Waals surface area (Å²) in [4.78, 5) is 25.5. The second kappa shape index (κ2) is 6.41. The number of nitrogens with one attached hydrogen (secondary N) is 1. The molecule has 0 spiro atoms. The zero-order valence-electron chi connectivity index (χ0n) is 11.9. The number of hydrogen-bond acceptors (Lipinski definition) is 3. The van der Waals surface area contributed by atoms with Crippen molar-refractivity contribution in [2.24, 2.45) is 0 Å². The molecule has 1 aromatic rings. The Morgan fingerprint density at radius 3 is 2.50 bits per heavy atom. The zero-order valence-corrected chi connectivity index (χ0v) is 11.9. The fourth-order valence-electron chi connectivity index (χ4n) is 2.17. The number of rotatable bonds is 3. The van der Waals surface area contributed by atoms with Crippen molar-refractivity contribution < 1.29 is 14.3 Å². The van der Waals surface area contributed by atoms with E-state index in [0.717, 1.165) is 12.8 Å². The lowest BCUT2D eigenvalue weighted by molar-refractivity contribution is -0.142. The summed E-state index contributed by atoms with van der Waals surface area (Å²) in [6.45, 7) is 5.15. The molecule has 5 nitrogen and oxygen atoms in total. The maximum Gasteiger partial charge on any atom is 0.314 e. The van der Waals surface area contributed by atoms with Gasteiger partial charge in [-0.1, -0.05) is 12.1 Å². The van der Waals surface area contributed by atoms with Crippen LogP contribution in [0.3, 0.4) is 0 Å². The molecule has 2 rings (SSSR count). The number of likely N-dealkylation sites (tertiary alicyclic amines) is 1. The van der Waals surface area contributed by atoms with Crippen LogP contribution in [-0.2, 0) is 9.59 Å². The van der Waals surface area contributed by atoms with Crippen LogP contribution in [0, 0.1) is 0 Å². The second-order valence-electron chi connectivity index (χ2n) is 5.12. The highest BCUT2D eigenvalue weighted by atomic mass is 16.5. The van der Waals surface area contributed by atoms with Crippen molar-refractivity contribution in [3.05, 3.63) is 24.3 Å². The number of ether oxygens (including phenoxy) is 1. The third-order valence-corrected chi connectivity index (χ3v) is 3.09. The largest absolute Gasteiger partial charge is 0.489 e. The van der Waals surface area contributed by atoms with Gasteiger partial charge in [-0.3, -0.25) is 9.59 Å². The molecule has 1 aliphatic heterocycles. The molecule has 2 amide bonds. The minimum Gasteiger partial charge on any atom is -0.489 e. The highest BCUT2D eigenvalue weighted by Crippen LogP contribution is 2.25. The quantitative estimate of drug-likeness (QED) is 0.859. The van der Waals surface area contributed by atoms with E-state index in [0.29, 0.717) is 24.5 Å². The average molecular weight is 276 g/mol.